The van der Waals surface area contributed by atoms with E-state index in [4.69, 9.17) is 9.72 Å². The molecule has 1 heterocycles. The Morgan fingerprint density at radius 3 is 2.27 bits per heavy atom. The van der Waals surface area contributed by atoms with Crippen LogP contribution in [0.5, 0.6) is 0 Å². The van der Waals surface area contributed by atoms with Crippen LogP contribution in [0.1, 0.15) is 72.3 Å². The molecule has 0 saturated carbocycles. The van der Waals surface area contributed by atoms with Crippen molar-refractivity contribution in [2.24, 2.45) is 5.41 Å². The van der Waals surface area contributed by atoms with E-state index in [-0.39, 0.29) is 30.0 Å². The molecule has 11 heteroatoms. The standard InChI is InChI=1S/C33H42F2N4O5/c1-21(41)26(37-31(43)44-33(5,6)7)15-16-39(28(42)20-40)29(32(2,3)4)30-36-27(24-17-23(34)13-14-25(24)35)19-38(30)18-22-11-9-8-10-12-22/h8-14,17,19,26,29,40H,15-16,18,20H2,1-7H3,(H,37,43)/t26-,29-/m0/s1. The molecule has 2 amide bonds. The number of nitrogens with zero attached hydrogens (tertiary/aromatic N) is 3. The Morgan fingerprint density at radius 1 is 1.05 bits per heavy atom. The lowest BCUT2D eigenvalue weighted by molar-refractivity contribution is -0.140. The lowest BCUT2D eigenvalue weighted by atomic mass is 9.84. The number of Topliss-reactive ketones (excluding diaryl/α,β-unsaturated/α-hetero) is 1. The van der Waals surface area contributed by atoms with Gasteiger partial charge in [-0.15, -0.1) is 0 Å². The number of nitrogens with one attached hydrogen (secondary N) is 1. The van der Waals surface area contributed by atoms with Crippen molar-refractivity contribution in [2.75, 3.05) is 13.2 Å². The number of benzene rings is 2. The van der Waals surface area contributed by atoms with Gasteiger partial charge in [0.1, 0.15) is 29.7 Å². The first-order valence-corrected chi connectivity index (χ1v) is 14.5. The van der Waals surface area contributed by atoms with Crippen LogP contribution >= 0.6 is 0 Å². The van der Waals surface area contributed by atoms with Gasteiger partial charge in [0.15, 0.2) is 5.78 Å². The number of aliphatic hydroxyl groups is 1. The SMILES string of the molecule is CC(=O)[C@H](CCN(C(=O)CO)[C@@H](c1nc(-c2cc(F)ccc2F)cn1Cc1ccccc1)C(C)(C)C)NC(=O)OC(C)(C)C. The van der Waals surface area contributed by atoms with Gasteiger partial charge >= 0.3 is 6.09 Å². The summed E-state index contributed by atoms with van der Waals surface area (Å²) in [6, 6.07) is 10.8. The van der Waals surface area contributed by atoms with Crippen LogP contribution in [0, 0.1) is 17.0 Å². The average Bonchev–Trinajstić information content (AvgIpc) is 3.32. The molecule has 0 radical (unpaired) electrons. The molecule has 0 aliphatic rings. The van der Waals surface area contributed by atoms with E-state index >= 15 is 0 Å². The number of aliphatic hydroxyl groups excluding tert-OH is 1. The third kappa shape index (κ3) is 9.19. The lowest BCUT2D eigenvalue weighted by Gasteiger charge is -2.40. The van der Waals surface area contributed by atoms with E-state index in [1.54, 1.807) is 31.5 Å². The van der Waals surface area contributed by atoms with Gasteiger partial charge in [-0.2, -0.15) is 0 Å². The van der Waals surface area contributed by atoms with E-state index in [1.807, 2.05) is 51.1 Å². The number of imidazole rings is 1. The highest BCUT2D eigenvalue weighted by atomic mass is 19.1. The molecule has 238 valence electrons. The van der Waals surface area contributed by atoms with Gasteiger partial charge in [-0.3, -0.25) is 9.59 Å². The second-order valence-electron chi connectivity index (χ2n) is 12.8. The van der Waals surface area contributed by atoms with Gasteiger partial charge in [0.25, 0.3) is 0 Å². The Balaban J connectivity index is 2.10. The van der Waals surface area contributed by atoms with Crippen LogP contribution in [-0.2, 0) is 20.9 Å². The van der Waals surface area contributed by atoms with Crippen LogP contribution < -0.4 is 5.32 Å². The van der Waals surface area contributed by atoms with E-state index in [1.165, 1.54) is 11.8 Å². The number of carbonyl (C=O) groups is 3. The first-order chi connectivity index (χ1) is 20.5. The van der Waals surface area contributed by atoms with Crippen molar-refractivity contribution in [3.05, 3.63) is 77.8 Å². The van der Waals surface area contributed by atoms with Crippen LogP contribution in [0.15, 0.2) is 54.7 Å². The predicted molar refractivity (Wildman–Crippen MR) is 163 cm³/mol. The first kappa shape index (κ1) is 34.4. The number of halogens is 2. The topological polar surface area (TPSA) is 114 Å². The third-order valence-corrected chi connectivity index (χ3v) is 6.88. The summed E-state index contributed by atoms with van der Waals surface area (Å²) in [5, 5.41) is 12.6. The maximum Gasteiger partial charge on any atom is 0.408 e. The van der Waals surface area contributed by atoms with Crippen molar-refractivity contribution in [3.8, 4) is 11.3 Å². The van der Waals surface area contributed by atoms with Gasteiger partial charge in [0.05, 0.1) is 17.8 Å². The molecular weight excluding hydrogens is 570 g/mol. The molecule has 0 fully saturated rings. The molecule has 0 bridgehead atoms. The number of rotatable bonds is 11. The van der Waals surface area contributed by atoms with Crippen LogP contribution in [0.4, 0.5) is 13.6 Å². The van der Waals surface area contributed by atoms with Crippen molar-refractivity contribution < 1.29 is 33.0 Å². The second kappa shape index (κ2) is 14.1. The minimum atomic E-state index is -0.972. The number of ketones is 1. The summed E-state index contributed by atoms with van der Waals surface area (Å²) in [5.41, 5.74) is -0.428. The van der Waals surface area contributed by atoms with Gasteiger partial charge in [-0.1, -0.05) is 51.1 Å². The zero-order valence-electron chi connectivity index (χ0n) is 26.4. The van der Waals surface area contributed by atoms with Gasteiger partial charge in [-0.25, -0.2) is 18.6 Å². The fourth-order valence-corrected chi connectivity index (χ4v) is 4.96. The quantitative estimate of drug-likeness (QED) is 0.289. The van der Waals surface area contributed by atoms with Gasteiger partial charge in [0.2, 0.25) is 5.91 Å². The molecule has 1 aromatic heterocycles. The Bertz CT molecular complexity index is 1460. The first-order valence-electron chi connectivity index (χ1n) is 14.5. The van der Waals surface area contributed by atoms with E-state index < -0.39 is 53.3 Å². The number of ether oxygens (including phenoxy) is 1. The Labute approximate surface area is 257 Å². The largest absolute Gasteiger partial charge is 0.444 e. The average molecular weight is 613 g/mol. The molecule has 0 spiro atoms. The second-order valence-corrected chi connectivity index (χ2v) is 12.8. The van der Waals surface area contributed by atoms with Crippen molar-refractivity contribution in [1.82, 2.24) is 19.8 Å². The molecule has 9 nitrogen and oxygen atoms in total. The fraction of sp³-hybridized carbons (Fsp3) is 0.455. The molecule has 2 aromatic carbocycles. The summed E-state index contributed by atoms with van der Waals surface area (Å²) in [4.78, 5) is 44.5. The maximum atomic E-state index is 14.9. The minimum absolute atomic E-state index is 0.0255. The maximum absolute atomic E-state index is 14.9. The van der Waals surface area contributed by atoms with Gasteiger partial charge in [0, 0.05) is 24.8 Å². The molecule has 0 saturated heterocycles. The highest BCUT2D eigenvalue weighted by molar-refractivity contribution is 5.85. The molecule has 2 atom stereocenters. The molecule has 0 unspecified atom stereocenters. The highest BCUT2D eigenvalue weighted by Crippen LogP contribution is 2.39. The Kier molecular flexibility index (Phi) is 11.0. The number of aromatic nitrogens is 2. The summed E-state index contributed by atoms with van der Waals surface area (Å²) < 4.78 is 36.2. The third-order valence-electron chi connectivity index (χ3n) is 6.88. The van der Waals surface area contributed by atoms with Crippen molar-refractivity contribution in [1.29, 1.82) is 0 Å². The van der Waals surface area contributed by atoms with Crippen molar-refractivity contribution in [2.45, 2.75) is 79.1 Å². The molecule has 44 heavy (non-hydrogen) atoms. The van der Waals surface area contributed by atoms with E-state index in [2.05, 4.69) is 5.32 Å². The van der Waals surface area contributed by atoms with Gasteiger partial charge < -0.3 is 24.6 Å². The van der Waals surface area contributed by atoms with Crippen molar-refractivity contribution >= 4 is 17.8 Å². The summed E-state index contributed by atoms with van der Waals surface area (Å²) in [6.45, 7) is 11.6. The van der Waals surface area contributed by atoms with Crippen LogP contribution in [0.2, 0.25) is 0 Å². The van der Waals surface area contributed by atoms with E-state index in [9.17, 15) is 28.3 Å². The number of hydrogen-bond acceptors (Lipinski definition) is 6. The predicted octanol–water partition coefficient (Wildman–Crippen LogP) is 5.66. The Hall–Kier alpha value is -4.12. The molecule has 0 aliphatic carbocycles. The fourth-order valence-electron chi connectivity index (χ4n) is 4.96. The normalized spacial score (nSPS) is 13.2. The molecule has 3 aromatic rings. The lowest BCUT2D eigenvalue weighted by Crippen LogP contribution is -2.48. The monoisotopic (exact) mass is 612 g/mol. The zero-order chi connectivity index (χ0) is 32.8. The minimum Gasteiger partial charge on any atom is -0.444 e. The smallest absolute Gasteiger partial charge is 0.408 e. The van der Waals surface area contributed by atoms with Crippen molar-refractivity contribution in [3.63, 3.8) is 0 Å². The number of hydrogen-bond donors (Lipinski definition) is 2. The number of carbonyl (C=O) groups excluding carboxylic acids is 3. The summed E-state index contributed by atoms with van der Waals surface area (Å²) >= 11 is 0. The van der Waals surface area contributed by atoms with Gasteiger partial charge in [-0.05, 0) is 63.3 Å². The summed E-state index contributed by atoms with van der Waals surface area (Å²) in [5.74, 6) is -1.87. The summed E-state index contributed by atoms with van der Waals surface area (Å²) in [7, 11) is 0. The Morgan fingerprint density at radius 2 is 1.70 bits per heavy atom. The van der Waals surface area contributed by atoms with Crippen LogP contribution in [-0.4, -0.2) is 62.1 Å². The van der Waals surface area contributed by atoms with E-state index in [0.29, 0.717) is 12.4 Å². The molecule has 2 N–H and O–H groups in total. The highest BCUT2D eigenvalue weighted by Gasteiger charge is 2.39. The zero-order valence-corrected chi connectivity index (χ0v) is 26.4. The van der Waals surface area contributed by atoms with Crippen LogP contribution in [0.3, 0.4) is 0 Å². The molecule has 0 aliphatic heterocycles. The number of amides is 2. The molecule has 3 rings (SSSR count). The molecular formula is C33H42F2N4O5. The summed E-state index contributed by atoms with van der Waals surface area (Å²) in [6.07, 6.45) is 0.867. The van der Waals surface area contributed by atoms with E-state index in [0.717, 1.165) is 23.8 Å². The number of alkyl carbamates (subject to hydrolysis) is 1. The van der Waals surface area contributed by atoms with Crippen LogP contribution in [0.25, 0.3) is 11.3 Å².